The van der Waals surface area contributed by atoms with Gasteiger partial charge in [0.15, 0.2) is 0 Å². The van der Waals surface area contributed by atoms with Crippen molar-refractivity contribution in [2.24, 2.45) is 17.8 Å². The second-order valence-corrected chi connectivity index (χ2v) is 11.0. The Labute approximate surface area is 203 Å². The average Bonchev–Trinajstić information content (AvgIpc) is 2.67. The molecule has 1 saturated carbocycles. The van der Waals surface area contributed by atoms with Gasteiger partial charge in [0.2, 0.25) is 5.91 Å². The molecule has 0 radical (unpaired) electrons. The van der Waals surface area contributed by atoms with Crippen molar-refractivity contribution in [2.45, 2.75) is 125 Å². The summed E-state index contributed by atoms with van der Waals surface area (Å²) in [4.78, 5) is 34.7. The Kier molecular flexibility index (Phi) is 17.0. The maximum atomic E-state index is 12.1. The lowest BCUT2D eigenvalue weighted by Crippen LogP contribution is -2.36. The second-order valence-electron chi connectivity index (χ2n) is 11.0. The third-order valence-corrected chi connectivity index (χ3v) is 5.78. The molecule has 0 aromatic rings. The van der Waals surface area contributed by atoms with Crippen molar-refractivity contribution < 1.29 is 19.1 Å². The molecular weight excluding hydrogens is 416 g/mol. The Morgan fingerprint density at radius 3 is 2.03 bits per heavy atom. The van der Waals surface area contributed by atoms with Crippen LogP contribution in [0.15, 0.2) is 0 Å². The molecule has 0 aromatic heterocycles. The summed E-state index contributed by atoms with van der Waals surface area (Å²) in [7, 11) is 0. The van der Waals surface area contributed by atoms with E-state index in [4.69, 9.17) is 4.74 Å². The lowest BCUT2D eigenvalue weighted by atomic mass is 9.85. The summed E-state index contributed by atoms with van der Waals surface area (Å²) < 4.78 is 5.25. The predicted molar refractivity (Wildman–Crippen MR) is 136 cm³/mol. The zero-order chi connectivity index (χ0) is 25.3. The maximum absolute atomic E-state index is 12.1. The van der Waals surface area contributed by atoms with E-state index in [2.05, 4.69) is 31.4 Å². The first-order chi connectivity index (χ1) is 15.4. The van der Waals surface area contributed by atoms with Gasteiger partial charge in [0.25, 0.3) is 0 Å². The highest BCUT2D eigenvalue weighted by Crippen LogP contribution is 2.26. The molecule has 1 aliphatic carbocycles. The van der Waals surface area contributed by atoms with E-state index in [1.807, 2.05) is 20.8 Å². The summed E-state index contributed by atoms with van der Waals surface area (Å²) in [6, 6.07) is 0. The smallest absolute Gasteiger partial charge is 0.407 e. The lowest BCUT2D eigenvalue weighted by Gasteiger charge is -2.25. The Morgan fingerprint density at radius 2 is 1.55 bits per heavy atom. The molecule has 0 bridgehead atoms. The first-order valence-electron chi connectivity index (χ1n) is 13.2. The van der Waals surface area contributed by atoms with Gasteiger partial charge in [0, 0.05) is 12.5 Å². The van der Waals surface area contributed by atoms with Crippen LogP contribution < -0.4 is 10.6 Å². The van der Waals surface area contributed by atoms with Gasteiger partial charge in [-0.25, -0.2) is 4.79 Å². The Balaban J connectivity index is 0.000000960. The van der Waals surface area contributed by atoms with E-state index in [-0.39, 0.29) is 30.2 Å². The number of carbonyl (C=O) groups excluding carboxylic acids is 3. The van der Waals surface area contributed by atoms with Gasteiger partial charge in [0.1, 0.15) is 11.4 Å². The standard InChI is InChI=1S/C18H32N2O4.C9H20/c1-13(21)11-19-16(22)15-9-5-7-14(8-6-10-15)12-20-17(23)24-18(2,3)4;1-4-5-6-7-8-9(2)3/h14-15H,5-12H2,1-4H3,(H,19,22)(H,20,23);9H,4-8H2,1-3H3. The first-order valence-corrected chi connectivity index (χ1v) is 13.2. The molecule has 1 rings (SSSR count). The fraction of sp³-hybridized carbons (Fsp3) is 0.889. The molecule has 0 aromatic carbocycles. The van der Waals surface area contributed by atoms with Gasteiger partial charge in [-0.1, -0.05) is 65.7 Å². The van der Waals surface area contributed by atoms with Crippen molar-refractivity contribution >= 4 is 17.8 Å². The van der Waals surface area contributed by atoms with E-state index >= 15 is 0 Å². The fourth-order valence-electron chi connectivity index (χ4n) is 3.94. The predicted octanol–water partition coefficient (Wildman–Crippen LogP) is 6.42. The van der Waals surface area contributed by atoms with Gasteiger partial charge >= 0.3 is 6.09 Å². The molecule has 0 unspecified atom stereocenters. The number of hydrogen-bond acceptors (Lipinski definition) is 4. The number of ketones is 1. The van der Waals surface area contributed by atoms with Crippen molar-refractivity contribution in [3.8, 4) is 0 Å². The fourth-order valence-corrected chi connectivity index (χ4v) is 3.94. The molecule has 0 heterocycles. The molecule has 0 saturated heterocycles. The zero-order valence-electron chi connectivity index (χ0n) is 22.6. The van der Waals surface area contributed by atoms with Crippen molar-refractivity contribution in [1.29, 1.82) is 0 Å². The van der Waals surface area contributed by atoms with E-state index < -0.39 is 5.60 Å². The Morgan fingerprint density at radius 1 is 0.939 bits per heavy atom. The van der Waals surface area contributed by atoms with Crippen LogP contribution >= 0.6 is 0 Å². The number of Topliss-reactive ketones (excluding diaryl/α,β-unsaturated/α-hetero) is 1. The highest BCUT2D eigenvalue weighted by atomic mass is 16.6. The van der Waals surface area contributed by atoms with Gasteiger partial charge in [-0.15, -0.1) is 0 Å². The molecule has 33 heavy (non-hydrogen) atoms. The summed E-state index contributed by atoms with van der Waals surface area (Å²) in [6.45, 7) is 14.6. The number of unbranched alkanes of at least 4 members (excludes halogenated alkanes) is 3. The van der Waals surface area contributed by atoms with Crippen LogP contribution in [0, 0.1) is 17.8 Å². The summed E-state index contributed by atoms with van der Waals surface area (Å²) in [5.74, 6) is 1.31. The normalized spacial score (nSPS) is 18.9. The largest absolute Gasteiger partial charge is 0.444 e. The van der Waals surface area contributed by atoms with Gasteiger partial charge in [-0.3, -0.25) is 9.59 Å². The van der Waals surface area contributed by atoms with Crippen LogP contribution in [0.3, 0.4) is 0 Å². The molecule has 6 heteroatoms. The van der Waals surface area contributed by atoms with Crippen molar-refractivity contribution in [3.63, 3.8) is 0 Å². The van der Waals surface area contributed by atoms with Crippen molar-refractivity contribution in [2.75, 3.05) is 13.1 Å². The van der Waals surface area contributed by atoms with E-state index in [0.717, 1.165) is 44.4 Å². The molecule has 1 fully saturated rings. The van der Waals surface area contributed by atoms with E-state index in [1.165, 1.54) is 39.0 Å². The number of hydrogen-bond donors (Lipinski definition) is 2. The monoisotopic (exact) mass is 468 g/mol. The number of carbonyl (C=O) groups is 3. The zero-order valence-corrected chi connectivity index (χ0v) is 22.6. The Hall–Kier alpha value is -1.59. The topological polar surface area (TPSA) is 84.5 Å². The Bertz CT molecular complexity index is 545. The van der Waals surface area contributed by atoms with Crippen LogP contribution in [0.4, 0.5) is 4.79 Å². The molecule has 0 aliphatic heterocycles. The van der Waals surface area contributed by atoms with Gasteiger partial charge in [-0.05, 0) is 65.2 Å². The van der Waals surface area contributed by atoms with Crippen LogP contribution in [0.25, 0.3) is 0 Å². The van der Waals surface area contributed by atoms with E-state index in [9.17, 15) is 14.4 Å². The maximum Gasteiger partial charge on any atom is 0.407 e. The summed E-state index contributed by atoms with van der Waals surface area (Å²) >= 11 is 0. The molecule has 0 spiro atoms. The van der Waals surface area contributed by atoms with Gasteiger partial charge in [0.05, 0.1) is 6.54 Å². The molecule has 1 aliphatic rings. The number of ether oxygens (including phenoxy) is 1. The summed E-state index contributed by atoms with van der Waals surface area (Å²) in [5, 5.41) is 5.56. The molecule has 2 amide bonds. The first kappa shape index (κ1) is 31.4. The van der Waals surface area contributed by atoms with Gasteiger partial charge in [-0.2, -0.15) is 0 Å². The molecular formula is C27H52N2O4. The van der Waals surface area contributed by atoms with Crippen LogP contribution in [0.2, 0.25) is 0 Å². The SMILES string of the molecule is CC(=O)CNC(=O)C1CCCC(CNC(=O)OC(C)(C)C)CCC1.CCCCCCC(C)C. The lowest BCUT2D eigenvalue weighted by molar-refractivity contribution is -0.128. The number of alkyl carbamates (subject to hydrolysis) is 1. The van der Waals surface area contributed by atoms with E-state index in [1.54, 1.807) is 0 Å². The third-order valence-electron chi connectivity index (χ3n) is 5.78. The highest BCUT2D eigenvalue weighted by Gasteiger charge is 2.23. The van der Waals surface area contributed by atoms with E-state index in [0.29, 0.717) is 12.5 Å². The minimum absolute atomic E-state index is 0.00381. The quantitative estimate of drug-likeness (QED) is 0.363. The average molecular weight is 469 g/mol. The number of rotatable bonds is 10. The molecule has 194 valence electrons. The van der Waals surface area contributed by atoms with Crippen molar-refractivity contribution in [1.82, 2.24) is 10.6 Å². The van der Waals surface area contributed by atoms with Crippen LogP contribution in [0.5, 0.6) is 0 Å². The third kappa shape index (κ3) is 19.6. The molecule has 2 N–H and O–H groups in total. The van der Waals surface area contributed by atoms with Crippen LogP contribution in [-0.2, 0) is 14.3 Å². The second kappa shape index (κ2) is 17.8. The highest BCUT2D eigenvalue weighted by molar-refractivity contribution is 5.85. The van der Waals surface area contributed by atoms with Crippen LogP contribution in [0.1, 0.15) is 119 Å². The van der Waals surface area contributed by atoms with Crippen molar-refractivity contribution in [3.05, 3.63) is 0 Å². The van der Waals surface area contributed by atoms with Gasteiger partial charge < -0.3 is 15.4 Å². The van der Waals surface area contributed by atoms with Crippen LogP contribution in [-0.4, -0.2) is 36.5 Å². The number of nitrogens with one attached hydrogen (secondary N) is 2. The minimum atomic E-state index is -0.481. The molecule has 6 nitrogen and oxygen atoms in total. The minimum Gasteiger partial charge on any atom is -0.444 e. The molecule has 0 atom stereocenters. The summed E-state index contributed by atoms with van der Waals surface area (Å²) in [5.41, 5.74) is -0.481. The summed E-state index contributed by atoms with van der Waals surface area (Å²) in [6.07, 6.45) is 12.3. The number of amides is 2.